The van der Waals surface area contributed by atoms with E-state index in [1.165, 1.54) is 16.4 Å². The van der Waals surface area contributed by atoms with E-state index >= 15 is 0 Å². The van der Waals surface area contributed by atoms with Crippen LogP contribution in [0.1, 0.15) is 13.8 Å². The van der Waals surface area contributed by atoms with Crippen molar-refractivity contribution in [2.75, 3.05) is 56.5 Å². The molecule has 2 heterocycles. The van der Waals surface area contributed by atoms with E-state index < -0.39 is 14.9 Å². The molecule has 0 radical (unpaired) electrons. The third-order valence-electron chi connectivity index (χ3n) is 5.38. The summed E-state index contributed by atoms with van der Waals surface area (Å²) in [6.45, 7) is 7.69. The van der Waals surface area contributed by atoms with Gasteiger partial charge < -0.3 is 15.1 Å². The Labute approximate surface area is 182 Å². The summed E-state index contributed by atoms with van der Waals surface area (Å²) in [4.78, 5) is 19.5. The predicted molar refractivity (Wildman–Crippen MR) is 120 cm³/mol. The lowest BCUT2D eigenvalue weighted by Gasteiger charge is -2.31. The van der Waals surface area contributed by atoms with Crippen molar-refractivity contribution in [2.24, 2.45) is 0 Å². The molecular formula is C20H28N6O4S. The first-order valence-electron chi connectivity index (χ1n) is 10.2. The zero-order valence-corrected chi connectivity index (χ0v) is 18.8. The van der Waals surface area contributed by atoms with Crippen LogP contribution in [-0.2, 0) is 10.0 Å². The number of nitrogens with one attached hydrogen (secondary N) is 1. The van der Waals surface area contributed by atoms with Gasteiger partial charge in [-0.25, -0.2) is 13.4 Å². The van der Waals surface area contributed by atoms with Gasteiger partial charge in [0.1, 0.15) is 11.5 Å². The van der Waals surface area contributed by atoms with E-state index in [2.05, 4.69) is 15.2 Å². The molecule has 0 unspecified atom stereocenters. The Morgan fingerprint density at radius 3 is 2.35 bits per heavy atom. The highest BCUT2D eigenvalue weighted by Gasteiger charge is 2.29. The van der Waals surface area contributed by atoms with Gasteiger partial charge in [-0.2, -0.15) is 4.31 Å². The molecule has 0 aliphatic carbocycles. The minimum atomic E-state index is -3.80. The summed E-state index contributed by atoms with van der Waals surface area (Å²) in [5.41, 5.74) is 0.483. The van der Waals surface area contributed by atoms with E-state index in [0.29, 0.717) is 31.9 Å². The van der Waals surface area contributed by atoms with Crippen LogP contribution >= 0.6 is 0 Å². The largest absolute Gasteiger partial charge is 0.357 e. The van der Waals surface area contributed by atoms with Gasteiger partial charge in [-0.15, -0.1) is 0 Å². The molecule has 0 bridgehead atoms. The van der Waals surface area contributed by atoms with E-state index in [1.54, 1.807) is 12.3 Å². The Balaban J connectivity index is 1.85. The number of aromatic nitrogens is 1. The average molecular weight is 449 g/mol. The van der Waals surface area contributed by atoms with Crippen LogP contribution in [0.2, 0.25) is 0 Å². The van der Waals surface area contributed by atoms with Crippen molar-refractivity contribution in [1.82, 2.24) is 14.2 Å². The van der Waals surface area contributed by atoms with Gasteiger partial charge in [0.15, 0.2) is 0 Å². The Kier molecular flexibility index (Phi) is 7.08. The number of piperazine rings is 1. The summed E-state index contributed by atoms with van der Waals surface area (Å²) in [6.07, 6.45) is 1.60. The van der Waals surface area contributed by atoms with Crippen LogP contribution in [0.5, 0.6) is 0 Å². The lowest BCUT2D eigenvalue weighted by atomic mass is 10.2. The highest BCUT2D eigenvalue weighted by Crippen LogP contribution is 2.31. The Morgan fingerprint density at radius 2 is 1.81 bits per heavy atom. The van der Waals surface area contributed by atoms with Crippen LogP contribution in [-0.4, -0.2) is 73.8 Å². The van der Waals surface area contributed by atoms with Gasteiger partial charge in [-0.05, 0) is 45.2 Å². The lowest BCUT2D eigenvalue weighted by Crippen LogP contribution is -2.47. The molecule has 1 aromatic heterocycles. The number of benzene rings is 1. The fraction of sp³-hybridized carbons (Fsp3) is 0.450. The smallest absolute Gasteiger partial charge is 0.294 e. The predicted octanol–water partition coefficient (Wildman–Crippen LogP) is 2.52. The lowest BCUT2D eigenvalue weighted by molar-refractivity contribution is -0.384. The maximum Gasteiger partial charge on any atom is 0.294 e. The first kappa shape index (κ1) is 22.9. The number of rotatable bonds is 8. The number of hydrogen-bond donors (Lipinski definition) is 1. The van der Waals surface area contributed by atoms with E-state index in [0.717, 1.165) is 25.0 Å². The van der Waals surface area contributed by atoms with E-state index in [9.17, 15) is 18.5 Å². The number of nitro groups is 1. The van der Waals surface area contributed by atoms with Gasteiger partial charge in [0.2, 0.25) is 10.0 Å². The Morgan fingerprint density at radius 1 is 1.13 bits per heavy atom. The van der Waals surface area contributed by atoms with Crippen molar-refractivity contribution >= 4 is 32.9 Å². The minimum Gasteiger partial charge on any atom is -0.357 e. The van der Waals surface area contributed by atoms with Crippen molar-refractivity contribution in [2.45, 2.75) is 18.7 Å². The van der Waals surface area contributed by atoms with E-state index in [-0.39, 0.29) is 16.3 Å². The summed E-state index contributed by atoms with van der Waals surface area (Å²) in [6, 6.07) is 7.58. The van der Waals surface area contributed by atoms with E-state index in [4.69, 9.17) is 0 Å². The van der Waals surface area contributed by atoms with Crippen LogP contribution in [0.25, 0.3) is 0 Å². The number of anilines is 3. The van der Waals surface area contributed by atoms with Crippen molar-refractivity contribution < 1.29 is 13.3 Å². The normalized spacial score (nSPS) is 15.6. The number of likely N-dealkylation sites (N-methyl/N-ethyl adjacent to an activating group) is 1. The molecule has 2 aromatic rings. The fourth-order valence-corrected chi connectivity index (χ4v) is 4.90. The topological polar surface area (TPSA) is 112 Å². The van der Waals surface area contributed by atoms with Gasteiger partial charge in [0.05, 0.1) is 21.7 Å². The third-order valence-corrected chi connectivity index (χ3v) is 7.27. The molecule has 1 aromatic carbocycles. The molecule has 0 atom stereocenters. The minimum absolute atomic E-state index is 0.0793. The second-order valence-electron chi connectivity index (χ2n) is 7.35. The van der Waals surface area contributed by atoms with Crippen LogP contribution in [0, 0.1) is 10.1 Å². The zero-order chi connectivity index (χ0) is 22.6. The van der Waals surface area contributed by atoms with Gasteiger partial charge in [-0.3, -0.25) is 10.1 Å². The molecule has 1 fully saturated rings. The van der Waals surface area contributed by atoms with Crippen molar-refractivity contribution in [3.63, 3.8) is 0 Å². The molecule has 31 heavy (non-hydrogen) atoms. The number of nitrogens with zero attached hydrogens (tertiary/aromatic N) is 5. The number of sulfonamides is 1. The third kappa shape index (κ3) is 5.12. The average Bonchev–Trinajstić information content (AvgIpc) is 2.76. The number of nitro benzene ring substituents is 1. The van der Waals surface area contributed by atoms with E-state index in [1.807, 2.05) is 31.9 Å². The van der Waals surface area contributed by atoms with Gasteiger partial charge >= 0.3 is 0 Å². The molecule has 0 spiro atoms. The monoisotopic (exact) mass is 448 g/mol. The summed E-state index contributed by atoms with van der Waals surface area (Å²) in [5.74, 6) is 0.818. The van der Waals surface area contributed by atoms with Crippen LogP contribution in [0.3, 0.4) is 0 Å². The highest BCUT2D eigenvalue weighted by atomic mass is 32.2. The van der Waals surface area contributed by atoms with Gasteiger partial charge in [0.25, 0.3) is 5.69 Å². The van der Waals surface area contributed by atoms with Gasteiger partial charge in [0, 0.05) is 45.3 Å². The molecular weight excluding hydrogens is 420 g/mol. The Hall–Kier alpha value is -2.76. The maximum absolute atomic E-state index is 12.9. The molecule has 1 aliphatic rings. The second-order valence-corrected chi connectivity index (χ2v) is 9.28. The summed E-state index contributed by atoms with van der Waals surface area (Å²) in [5, 5.41) is 14.6. The van der Waals surface area contributed by atoms with Gasteiger partial charge in [-0.1, -0.05) is 0 Å². The number of hydrogen-bond acceptors (Lipinski definition) is 8. The highest BCUT2D eigenvalue weighted by molar-refractivity contribution is 7.89. The standard InChI is InChI=1S/C20H28N6O4S/c1-4-24(5-2)20-9-6-16(15-21-20)22-18-8-7-17(14-19(18)26(27)28)31(29,30)25-12-10-23(3)11-13-25/h6-9,14-15,22H,4-5,10-13H2,1-3H3. The van der Waals surface area contributed by atoms with Crippen molar-refractivity contribution in [3.05, 3.63) is 46.6 Å². The quantitative estimate of drug-likeness (QED) is 0.484. The Bertz CT molecular complexity index is 1020. The molecule has 0 saturated carbocycles. The summed E-state index contributed by atoms with van der Waals surface area (Å²) >= 11 is 0. The second kappa shape index (κ2) is 9.58. The molecule has 0 amide bonds. The SMILES string of the molecule is CCN(CC)c1ccc(Nc2ccc(S(=O)(=O)N3CCN(C)CC3)cc2[N+](=O)[O-])cn1. The first-order chi connectivity index (χ1) is 14.8. The molecule has 10 nitrogen and oxygen atoms in total. The molecule has 1 aliphatic heterocycles. The molecule has 1 saturated heterocycles. The van der Waals surface area contributed by atoms with Crippen molar-refractivity contribution in [1.29, 1.82) is 0 Å². The molecule has 1 N–H and O–H groups in total. The van der Waals surface area contributed by atoms with Crippen LogP contribution < -0.4 is 10.2 Å². The zero-order valence-electron chi connectivity index (χ0n) is 18.0. The van der Waals surface area contributed by atoms with Crippen LogP contribution in [0.15, 0.2) is 41.4 Å². The summed E-state index contributed by atoms with van der Waals surface area (Å²) in [7, 11) is -1.87. The molecule has 168 valence electrons. The van der Waals surface area contributed by atoms with Crippen molar-refractivity contribution in [3.8, 4) is 0 Å². The van der Waals surface area contributed by atoms with Crippen LogP contribution in [0.4, 0.5) is 22.9 Å². The maximum atomic E-state index is 12.9. The molecule has 11 heteroatoms. The summed E-state index contributed by atoms with van der Waals surface area (Å²) < 4.78 is 27.3. The fourth-order valence-electron chi connectivity index (χ4n) is 3.46. The molecule has 3 rings (SSSR count). The first-order valence-corrected chi connectivity index (χ1v) is 11.7. The number of pyridine rings is 1.